The van der Waals surface area contributed by atoms with Crippen LogP contribution in [-0.4, -0.2) is 73.8 Å². The molecule has 52 heavy (non-hydrogen) atoms. The molecule has 0 spiro atoms. The van der Waals surface area contributed by atoms with Crippen LogP contribution in [0.25, 0.3) is 0 Å². The third-order valence-electron chi connectivity index (χ3n) is 9.31. The Kier molecular flexibility index (Phi) is 11.0. The lowest BCUT2D eigenvalue weighted by molar-refractivity contribution is -0.148. The highest BCUT2D eigenvalue weighted by Crippen LogP contribution is 2.52. The number of benzene rings is 3. The summed E-state index contributed by atoms with van der Waals surface area (Å²) >= 11 is 6.05. The Balaban J connectivity index is 1.35. The third-order valence-corrected chi connectivity index (χ3v) is 9.57. The molecule has 0 aliphatic carbocycles. The molecule has 0 bridgehead atoms. The zero-order chi connectivity index (χ0) is 37.2. The molecule has 276 valence electrons. The van der Waals surface area contributed by atoms with Gasteiger partial charge >= 0.3 is 6.09 Å². The van der Waals surface area contributed by atoms with Gasteiger partial charge in [-0.1, -0.05) is 50.2 Å². The first-order chi connectivity index (χ1) is 24.9. The third kappa shape index (κ3) is 7.84. The van der Waals surface area contributed by atoms with Crippen molar-refractivity contribution in [2.75, 3.05) is 32.0 Å². The van der Waals surface area contributed by atoms with Gasteiger partial charge in [0.2, 0.25) is 12.7 Å². The van der Waals surface area contributed by atoms with E-state index in [1.807, 2.05) is 58.0 Å². The molecule has 3 amide bonds. The Labute approximate surface area is 308 Å². The summed E-state index contributed by atoms with van der Waals surface area (Å²) in [5.74, 6) is -0.199. The monoisotopic (exact) mass is 733 g/mol. The number of halogens is 1. The van der Waals surface area contributed by atoms with Gasteiger partial charge in [0, 0.05) is 35.3 Å². The number of anilines is 1. The van der Waals surface area contributed by atoms with E-state index in [1.54, 1.807) is 47.2 Å². The van der Waals surface area contributed by atoms with Gasteiger partial charge in [-0.15, -0.1) is 0 Å². The van der Waals surface area contributed by atoms with Crippen molar-refractivity contribution in [1.82, 2.24) is 10.2 Å². The predicted octanol–water partition coefficient (Wildman–Crippen LogP) is 6.65. The van der Waals surface area contributed by atoms with E-state index in [0.29, 0.717) is 39.1 Å². The van der Waals surface area contributed by atoms with Gasteiger partial charge in [0.05, 0.1) is 18.8 Å². The molecule has 4 atom stereocenters. The molecule has 3 aromatic rings. The number of ether oxygens (including phenoxy) is 6. The maximum atomic E-state index is 14.6. The molecule has 3 heterocycles. The van der Waals surface area contributed by atoms with E-state index in [1.165, 1.54) is 6.08 Å². The molecule has 0 radical (unpaired) electrons. The summed E-state index contributed by atoms with van der Waals surface area (Å²) in [6, 6.07) is 16.0. The first-order valence-corrected chi connectivity index (χ1v) is 17.6. The van der Waals surface area contributed by atoms with Gasteiger partial charge in [-0.25, -0.2) is 4.79 Å². The Hall–Kier alpha value is -4.78. The van der Waals surface area contributed by atoms with Crippen LogP contribution in [-0.2, 0) is 25.5 Å². The van der Waals surface area contributed by atoms with Crippen LogP contribution in [0.2, 0.25) is 5.02 Å². The van der Waals surface area contributed by atoms with Crippen molar-refractivity contribution in [3.8, 4) is 17.2 Å². The fourth-order valence-electron chi connectivity index (χ4n) is 6.79. The molecule has 3 aromatic carbocycles. The normalized spacial score (nSPS) is 20.1. The van der Waals surface area contributed by atoms with Crippen LogP contribution >= 0.6 is 11.6 Å². The smallest absolute Gasteiger partial charge is 0.414 e. The lowest BCUT2D eigenvalue weighted by Crippen LogP contribution is -2.55. The molecule has 1 saturated heterocycles. The highest BCUT2D eigenvalue weighted by molar-refractivity contribution is 6.30. The quantitative estimate of drug-likeness (QED) is 0.204. The van der Waals surface area contributed by atoms with Crippen molar-refractivity contribution in [2.45, 2.75) is 70.7 Å². The molecule has 6 rings (SSSR count). The molecule has 12 nitrogen and oxygen atoms in total. The van der Waals surface area contributed by atoms with Crippen LogP contribution in [0.3, 0.4) is 0 Å². The van der Waals surface area contributed by atoms with Gasteiger partial charge in [0.15, 0.2) is 17.3 Å². The number of rotatable bonds is 12. The van der Waals surface area contributed by atoms with Gasteiger partial charge in [0.1, 0.15) is 30.6 Å². The number of nitrogens with zero attached hydrogens (tertiary/aromatic N) is 2. The molecule has 13 heteroatoms. The fraction of sp³-hybridized carbons (Fsp3) is 0.410. The van der Waals surface area contributed by atoms with Crippen LogP contribution in [0.15, 0.2) is 73.3 Å². The standard InChI is InChI=1S/C39H44ClN3O9/c1-7-18-48-38(46)43-29(35-34(51-39(4,5)52-35)28-19-31-32(20-30(28)43)50-22-49-31)16-17-42(21-24-8-14-27(47-6)15-9-24)37(45)33(23(2)3)41-36(44)25-10-12-26(40)13-11-25/h7-15,19-20,23,29,33-35H,1,16-18,21-22H2,2-6H3,(H,41,44)/t29-,33-,34-,35-/m0/s1. The van der Waals surface area contributed by atoms with Crippen molar-refractivity contribution < 1.29 is 42.8 Å². The second-order valence-electron chi connectivity index (χ2n) is 13.7. The minimum atomic E-state index is -0.977. The Morgan fingerprint density at radius 2 is 1.75 bits per heavy atom. The minimum Gasteiger partial charge on any atom is -0.497 e. The number of hydrogen-bond donors (Lipinski definition) is 1. The molecule has 0 saturated carbocycles. The summed E-state index contributed by atoms with van der Waals surface area (Å²) in [6.45, 7) is 11.6. The molecule has 3 aliphatic rings. The summed E-state index contributed by atoms with van der Waals surface area (Å²) in [6.07, 6.45) is -0.0170. The fourth-order valence-corrected chi connectivity index (χ4v) is 6.92. The molecular formula is C39H44ClN3O9. The van der Waals surface area contributed by atoms with Gasteiger partial charge in [-0.3, -0.25) is 14.5 Å². The molecule has 3 aliphatic heterocycles. The Morgan fingerprint density at radius 3 is 2.40 bits per heavy atom. The maximum absolute atomic E-state index is 14.6. The minimum absolute atomic E-state index is 0.00957. The van der Waals surface area contributed by atoms with Crippen LogP contribution < -0.4 is 24.4 Å². The number of amides is 3. The van der Waals surface area contributed by atoms with Gasteiger partial charge in [-0.2, -0.15) is 0 Å². The van der Waals surface area contributed by atoms with E-state index in [4.69, 9.17) is 40.0 Å². The largest absolute Gasteiger partial charge is 0.497 e. The van der Waals surface area contributed by atoms with E-state index >= 15 is 0 Å². The average Bonchev–Trinajstić information content (AvgIpc) is 3.72. The van der Waals surface area contributed by atoms with Gasteiger partial charge in [-0.05, 0) is 74.2 Å². The predicted molar refractivity (Wildman–Crippen MR) is 194 cm³/mol. The second-order valence-corrected chi connectivity index (χ2v) is 14.1. The maximum Gasteiger partial charge on any atom is 0.414 e. The molecular weight excluding hydrogens is 690 g/mol. The first kappa shape index (κ1) is 37.0. The van der Waals surface area contributed by atoms with Gasteiger partial charge < -0.3 is 38.6 Å². The van der Waals surface area contributed by atoms with E-state index in [0.717, 1.165) is 5.56 Å². The highest BCUT2D eigenvalue weighted by Gasteiger charge is 2.54. The summed E-state index contributed by atoms with van der Waals surface area (Å²) in [5, 5.41) is 3.45. The summed E-state index contributed by atoms with van der Waals surface area (Å²) < 4.78 is 35.3. The molecule has 1 fully saturated rings. The number of fused-ring (bicyclic) bond motifs is 4. The number of carbonyl (C=O) groups excluding carboxylic acids is 3. The number of nitrogens with one attached hydrogen (secondary N) is 1. The van der Waals surface area contributed by atoms with Gasteiger partial charge in [0.25, 0.3) is 5.91 Å². The van der Waals surface area contributed by atoms with Crippen LogP contribution in [0, 0.1) is 5.92 Å². The summed E-state index contributed by atoms with van der Waals surface area (Å²) in [5.41, 5.74) is 2.47. The second kappa shape index (κ2) is 15.4. The topological polar surface area (TPSA) is 125 Å². The molecule has 0 aromatic heterocycles. The Morgan fingerprint density at radius 1 is 1.06 bits per heavy atom. The van der Waals surface area contributed by atoms with Crippen molar-refractivity contribution in [1.29, 1.82) is 0 Å². The van der Waals surface area contributed by atoms with E-state index in [-0.39, 0.29) is 44.7 Å². The SMILES string of the molecule is C=CCOC(=O)N1c2cc3c(cc2[C@@H]2OC(C)(C)O[C@H]2[C@@H]1CCN(Cc1ccc(OC)cc1)C(=O)[C@@H](NC(=O)c1ccc(Cl)cc1)C(C)C)OCO3. The number of hydrogen-bond acceptors (Lipinski definition) is 9. The van der Waals surface area contributed by atoms with Crippen molar-refractivity contribution in [3.05, 3.63) is 95.0 Å². The lowest BCUT2D eigenvalue weighted by atomic mass is 9.88. The van der Waals surface area contributed by atoms with Crippen LogP contribution in [0.4, 0.5) is 10.5 Å². The van der Waals surface area contributed by atoms with E-state index < -0.39 is 42.1 Å². The lowest BCUT2D eigenvalue weighted by Gasteiger charge is -2.42. The van der Waals surface area contributed by atoms with Crippen molar-refractivity contribution in [3.63, 3.8) is 0 Å². The summed E-state index contributed by atoms with van der Waals surface area (Å²) in [4.78, 5) is 45.1. The molecule has 1 N–H and O–H groups in total. The first-order valence-electron chi connectivity index (χ1n) is 17.2. The van der Waals surface area contributed by atoms with E-state index in [2.05, 4.69) is 11.9 Å². The van der Waals surface area contributed by atoms with Crippen molar-refractivity contribution in [2.24, 2.45) is 5.92 Å². The summed E-state index contributed by atoms with van der Waals surface area (Å²) in [7, 11) is 1.59. The highest BCUT2D eigenvalue weighted by atomic mass is 35.5. The zero-order valence-electron chi connectivity index (χ0n) is 29.9. The van der Waals surface area contributed by atoms with Crippen LogP contribution in [0.1, 0.15) is 61.7 Å². The zero-order valence-corrected chi connectivity index (χ0v) is 30.7. The van der Waals surface area contributed by atoms with Crippen LogP contribution in [0.5, 0.6) is 17.2 Å². The van der Waals surface area contributed by atoms with Crippen molar-refractivity contribution >= 4 is 35.2 Å². The molecule has 0 unspecified atom stereocenters. The van der Waals surface area contributed by atoms with E-state index in [9.17, 15) is 14.4 Å². The number of carbonyl (C=O) groups is 3. The number of methoxy groups -OCH3 is 1. The Bertz CT molecular complexity index is 1800. The average molecular weight is 734 g/mol.